The Kier molecular flexibility index (Phi) is 3.91. The van der Waals surface area contributed by atoms with E-state index in [9.17, 15) is 0 Å². The first-order valence-electron chi connectivity index (χ1n) is 5.47. The summed E-state index contributed by atoms with van der Waals surface area (Å²) in [6, 6.07) is 5.62. The van der Waals surface area contributed by atoms with Crippen molar-refractivity contribution in [3.63, 3.8) is 0 Å². The number of ether oxygens (including phenoxy) is 2. The van der Waals surface area contributed by atoms with Crippen LogP contribution in [0.25, 0.3) is 11.4 Å². The van der Waals surface area contributed by atoms with Crippen LogP contribution < -0.4 is 10.5 Å². The summed E-state index contributed by atoms with van der Waals surface area (Å²) in [5, 5.41) is 3.90. The predicted molar refractivity (Wildman–Crippen MR) is 64.9 cm³/mol. The Morgan fingerprint density at radius 1 is 1.33 bits per heavy atom. The van der Waals surface area contributed by atoms with Gasteiger partial charge in [0, 0.05) is 12.7 Å². The number of methoxy groups -OCH3 is 2. The van der Waals surface area contributed by atoms with Crippen molar-refractivity contribution in [1.29, 1.82) is 0 Å². The van der Waals surface area contributed by atoms with Gasteiger partial charge in [0.1, 0.15) is 5.75 Å². The molecule has 6 heteroatoms. The normalized spacial score (nSPS) is 10.6. The number of hydrogen-bond acceptors (Lipinski definition) is 6. The summed E-state index contributed by atoms with van der Waals surface area (Å²) in [6.07, 6.45) is 0. The van der Waals surface area contributed by atoms with E-state index in [1.165, 1.54) is 0 Å². The van der Waals surface area contributed by atoms with Crippen LogP contribution in [0.1, 0.15) is 11.5 Å². The summed E-state index contributed by atoms with van der Waals surface area (Å²) in [6.45, 7) is 0.683. The van der Waals surface area contributed by atoms with Crippen molar-refractivity contribution in [3.8, 4) is 17.1 Å². The molecule has 0 aliphatic carbocycles. The zero-order chi connectivity index (χ0) is 13.0. The molecule has 2 aromatic rings. The van der Waals surface area contributed by atoms with Crippen molar-refractivity contribution in [3.05, 3.63) is 29.7 Å². The lowest BCUT2D eigenvalue weighted by Gasteiger charge is -2.07. The van der Waals surface area contributed by atoms with Crippen LogP contribution in [0, 0.1) is 0 Å². The second-order valence-corrected chi connectivity index (χ2v) is 3.67. The Morgan fingerprint density at radius 2 is 2.17 bits per heavy atom. The van der Waals surface area contributed by atoms with Crippen molar-refractivity contribution in [2.75, 3.05) is 14.2 Å². The molecule has 1 aromatic carbocycles. The van der Waals surface area contributed by atoms with Crippen LogP contribution in [0.15, 0.2) is 22.7 Å². The molecule has 96 valence electrons. The highest BCUT2D eigenvalue weighted by atomic mass is 16.5. The largest absolute Gasteiger partial charge is 0.497 e. The molecule has 18 heavy (non-hydrogen) atoms. The molecule has 0 unspecified atom stereocenters. The summed E-state index contributed by atoms with van der Waals surface area (Å²) in [4.78, 5) is 4.20. The maximum absolute atomic E-state index is 5.45. The molecule has 6 nitrogen and oxygen atoms in total. The van der Waals surface area contributed by atoms with Gasteiger partial charge in [-0.1, -0.05) is 11.2 Å². The van der Waals surface area contributed by atoms with Crippen LogP contribution >= 0.6 is 0 Å². The van der Waals surface area contributed by atoms with Gasteiger partial charge in [-0.3, -0.25) is 0 Å². The number of nitrogens with two attached hydrogens (primary N) is 1. The zero-order valence-corrected chi connectivity index (χ0v) is 10.3. The second-order valence-electron chi connectivity index (χ2n) is 3.67. The minimum absolute atomic E-state index is 0.219. The SMILES string of the molecule is COCc1ccc(OC)cc1-c1noc(CN)n1. The third-order valence-electron chi connectivity index (χ3n) is 2.50. The number of rotatable bonds is 5. The lowest BCUT2D eigenvalue weighted by molar-refractivity contribution is 0.185. The number of aromatic nitrogens is 2. The molecule has 1 aromatic heterocycles. The summed E-state index contributed by atoms with van der Waals surface area (Å²) < 4.78 is 15.3. The minimum Gasteiger partial charge on any atom is -0.497 e. The average Bonchev–Trinajstić information content (AvgIpc) is 2.88. The van der Waals surface area contributed by atoms with Crippen LogP contribution in [0.4, 0.5) is 0 Å². The quantitative estimate of drug-likeness (QED) is 0.861. The van der Waals surface area contributed by atoms with E-state index in [4.69, 9.17) is 19.7 Å². The van der Waals surface area contributed by atoms with Gasteiger partial charge in [0.05, 0.1) is 20.3 Å². The first-order valence-corrected chi connectivity index (χ1v) is 5.47. The fourth-order valence-corrected chi connectivity index (χ4v) is 1.62. The van der Waals surface area contributed by atoms with Gasteiger partial charge in [-0.25, -0.2) is 0 Å². The minimum atomic E-state index is 0.219. The highest BCUT2D eigenvalue weighted by Gasteiger charge is 2.13. The van der Waals surface area contributed by atoms with Gasteiger partial charge in [0.2, 0.25) is 11.7 Å². The Morgan fingerprint density at radius 3 is 2.78 bits per heavy atom. The summed E-state index contributed by atoms with van der Waals surface area (Å²) in [5.74, 6) is 1.61. The zero-order valence-electron chi connectivity index (χ0n) is 10.3. The summed E-state index contributed by atoms with van der Waals surface area (Å²) in [7, 11) is 3.24. The van der Waals surface area contributed by atoms with E-state index in [-0.39, 0.29) is 6.54 Å². The molecular weight excluding hydrogens is 234 g/mol. The molecule has 1 heterocycles. The lowest BCUT2D eigenvalue weighted by atomic mass is 10.1. The molecule has 0 atom stereocenters. The first kappa shape index (κ1) is 12.5. The van der Waals surface area contributed by atoms with Gasteiger partial charge in [-0.2, -0.15) is 4.98 Å². The van der Waals surface area contributed by atoms with E-state index in [0.29, 0.717) is 18.3 Å². The van der Waals surface area contributed by atoms with E-state index >= 15 is 0 Å². The van der Waals surface area contributed by atoms with Gasteiger partial charge < -0.3 is 19.7 Å². The monoisotopic (exact) mass is 249 g/mol. The summed E-state index contributed by atoms with van der Waals surface area (Å²) in [5.41, 5.74) is 7.23. The molecular formula is C12H15N3O3. The van der Waals surface area contributed by atoms with Gasteiger partial charge >= 0.3 is 0 Å². The van der Waals surface area contributed by atoms with Gasteiger partial charge in [0.15, 0.2) is 0 Å². The molecule has 0 amide bonds. The van der Waals surface area contributed by atoms with Gasteiger partial charge in [-0.15, -0.1) is 0 Å². The van der Waals surface area contributed by atoms with Crippen molar-refractivity contribution in [2.24, 2.45) is 5.73 Å². The number of benzene rings is 1. The molecule has 0 aliphatic rings. The molecule has 2 N–H and O–H groups in total. The first-order chi connectivity index (χ1) is 8.78. The van der Waals surface area contributed by atoms with Crippen molar-refractivity contribution in [1.82, 2.24) is 10.1 Å². The van der Waals surface area contributed by atoms with Crippen LogP contribution in [-0.2, 0) is 17.9 Å². The maximum atomic E-state index is 5.45. The van der Waals surface area contributed by atoms with E-state index < -0.39 is 0 Å². The standard InChI is InChI=1S/C12H15N3O3/c1-16-7-8-3-4-9(17-2)5-10(8)12-14-11(6-13)18-15-12/h3-5H,6-7,13H2,1-2H3. The Balaban J connectivity index is 2.44. The Hall–Kier alpha value is -1.92. The van der Waals surface area contributed by atoms with E-state index in [1.54, 1.807) is 14.2 Å². The maximum Gasteiger partial charge on any atom is 0.240 e. The molecule has 0 bridgehead atoms. The summed E-state index contributed by atoms with van der Waals surface area (Å²) >= 11 is 0. The molecule has 0 radical (unpaired) electrons. The van der Waals surface area contributed by atoms with Gasteiger partial charge in [-0.05, 0) is 17.7 Å². The second kappa shape index (κ2) is 5.61. The number of nitrogens with zero attached hydrogens (tertiary/aromatic N) is 2. The van der Waals surface area contributed by atoms with E-state index in [2.05, 4.69) is 10.1 Å². The number of hydrogen-bond donors (Lipinski definition) is 1. The lowest BCUT2D eigenvalue weighted by Crippen LogP contribution is -1.97. The molecule has 0 spiro atoms. The highest BCUT2D eigenvalue weighted by Crippen LogP contribution is 2.26. The van der Waals surface area contributed by atoms with Gasteiger partial charge in [0.25, 0.3) is 0 Å². The third-order valence-corrected chi connectivity index (χ3v) is 2.50. The Bertz CT molecular complexity index is 525. The molecule has 0 fully saturated rings. The van der Waals surface area contributed by atoms with Crippen LogP contribution in [0.5, 0.6) is 5.75 Å². The molecule has 2 rings (SSSR count). The van der Waals surface area contributed by atoms with Crippen LogP contribution in [0.2, 0.25) is 0 Å². The van der Waals surface area contributed by atoms with Crippen LogP contribution in [-0.4, -0.2) is 24.4 Å². The average molecular weight is 249 g/mol. The van der Waals surface area contributed by atoms with E-state index in [0.717, 1.165) is 16.9 Å². The topological polar surface area (TPSA) is 83.4 Å². The highest BCUT2D eigenvalue weighted by molar-refractivity contribution is 5.62. The smallest absolute Gasteiger partial charge is 0.240 e. The molecule has 0 saturated heterocycles. The molecule has 0 saturated carbocycles. The fourth-order valence-electron chi connectivity index (χ4n) is 1.62. The van der Waals surface area contributed by atoms with Crippen molar-refractivity contribution in [2.45, 2.75) is 13.2 Å². The third kappa shape index (κ3) is 2.49. The van der Waals surface area contributed by atoms with Crippen LogP contribution in [0.3, 0.4) is 0 Å². The van der Waals surface area contributed by atoms with Crippen molar-refractivity contribution < 1.29 is 14.0 Å². The fraction of sp³-hybridized carbons (Fsp3) is 0.333. The van der Waals surface area contributed by atoms with E-state index in [1.807, 2.05) is 18.2 Å². The molecule has 0 aliphatic heterocycles. The van der Waals surface area contributed by atoms with Crippen molar-refractivity contribution >= 4 is 0 Å². The Labute approximate surface area is 105 Å². The predicted octanol–water partition coefficient (Wildman–Crippen LogP) is 1.35.